The Hall–Kier alpha value is -2.22. The van der Waals surface area contributed by atoms with E-state index in [9.17, 15) is 19.5 Å². The molecule has 0 aliphatic heterocycles. The SMILES string of the molecule is CCc1nc2scc(C(=O)O)c2c(=O)n1CC(=O)NC1CCCC1. The largest absolute Gasteiger partial charge is 0.478 e. The van der Waals surface area contributed by atoms with Gasteiger partial charge in [-0.3, -0.25) is 14.2 Å². The monoisotopic (exact) mass is 349 g/mol. The first-order chi connectivity index (χ1) is 11.5. The Morgan fingerprint density at radius 2 is 2.12 bits per heavy atom. The summed E-state index contributed by atoms with van der Waals surface area (Å²) in [5, 5.41) is 13.7. The van der Waals surface area contributed by atoms with Gasteiger partial charge in [-0.2, -0.15) is 0 Å². The van der Waals surface area contributed by atoms with Crippen LogP contribution in [0.5, 0.6) is 0 Å². The molecule has 0 atom stereocenters. The van der Waals surface area contributed by atoms with E-state index in [0.717, 1.165) is 37.0 Å². The Bertz CT molecular complexity index is 849. The smallest absolute Gasteiger partial charge is 0.337 e. The van der Waals surface area contributed by atoms with Gasteiger partial charge >= 0.3 is 5.97 Å². The van der Waals surface area contributed by atoms with Gasteiger partial charge in [0.05, 0.1) is 10.9 Å². The van der Waals surface area contributed by atoms with Crippen molar-refractivity contribution in [2.45, 2.75) is 51.6 Å². The number of rotatable bonds is 5. The molecule has 2 heterocycles. The van der Waals surface area contributed by atoms with Crippen molar-refractivity contribution in [2.75, 3.05) is 0 Å². The van der Waals surface area contributed by atoms with Crippen molar-refractivity contribution in [1.82, 2.24) is 14.9 Å². The zero-order valence-electron chi connectivity index (χ0n) is 13.4. The number of carbonyl (C=O) groups excluding carboxylic acids is 1. The van der Waals surface area contributed by atoms with Gasteiger partial charge in [0.25, 0.3) is 5.56 Å². The third-order valence-corrected chi connectivity index (χ3v) is 5.21. The van der Waals surface area contributed by atoms with Gasteiger partial charge in [0.1, 0.15) is 17.2 Å². The van der Waals surface area contributed by atoms with E-state index < -0.39 is 11.5 Å². The number of carbonyl (C=O) groups is 2. The molecule has 1 aliphatic carbocycles. The highest BCUT2D eigenvalue weighted by molar-refractivity contribution is 7.17. The number of nitrogens with zero attached hydrogens (tertiary/aromatic N) is 2. The molecule has 7 nitrogen and oxygen atoms in total. The zero-order chi connectivity index (χ0) is 17.3. The molecular formula is C16H19N3O4S. The first kappa shape index (κ1) is 16.6. The van der Waals surface area contributed by atoms with Gasteiger partial charge in [-0.05, 0) is 12.8 Å². The Kier molecular flexibility index (Phi) is 4.66. The molecule has 8 heteroatoms. The van der Waals surface area contributed by atoms with Crippen molar-refractivity contribution in [1.29, 1.82) is 0 Å². The minimum absolute atomic E-state index is 0.0555. The van der Waals surface area contributed by atoms with E-state index in [1.165, 1.54) is 9.95 Å². The number of amides is 1. The molecule has 128 valence electrons. The number of thiophene rings is 1. The van der Waals surface area contributed by atoms with Crippen LogP contribution in [0.15, 0.2) is 10.2 Å². The van der Waals surface area contributed by atoms with Crippen LogP contribution in [0.25, 0.3) is 10.2 Å². The van der Waals surface area contributed by atoms with E-state index in [1.807, 2.05) is 6.92 Å². The molecule has 0 bridgehead atoms. The van der Waals surface area contributed by atoms with E-state index in [-0.39, 0.29) is 29.4 Å². The summed E-state index contributed by atoms with van der Waals surface area (Å²) in [5.41, 5.74) is -0.517. The van der Waals surface area contributed by atoms with E-state index in [1.54, 1.807) is 0 Å². The molecule has 2 aromatic rings. The van der Waals surface area contributed by atoms with Crippen molar-refractivity contribution < 1.29 is 14.7 Å². The van der Waals surface area contributed by atoms with E-state index in [2.05, 4.69) is 10.3 Å². The van der Waals surface area contributed by atoms with Crippen molar-refractivity contribution >= 4 is 33.4 Å². The second-order valence-corrected chi connectivity index (χ2v) is 6.81. The first-order valence-electron chi connectivity index (χ1n) is 8.04. The summed E-state index contributed by atoms with van der Waals surface area (Å²) < 4.78 is 1.30. The molecule has 2 N–H and O–H groups in total. The summed E-state index contributed by atoms with van der Waals surface area (Å²) in [7, 11) is 0. The molecule has 1 fully saturated rings. The van der Waals surface area contributed by atoms with Crippen LogP contribution in [0.1, 0.15) is 48.8 Å². The molecule has 0 spiro atoms. The van der Waals surface area contributed by atoms with Crippen LogP contribution < -0.4 is 10.9 Å². The molecule has 24 heavy (non-hydrogen) atoms. The predicted octanol–water partition coefficient (Wildman–Crippen LogP) is 1.78. The fourth-order valence-electron chi connectivity index (χ4n) is 3.14. The third kappa shape index (κ3) is 3.06. The van der Waals surface area contributed by atoms with Crippen LogP contribution in [0.4, 0.5) is 0 Å². The summed E-state index contributed by atoms with van der Waals surface area (Å²) in [6.45, 7) is 1.72. The van der Waals surface area contributed by atoms with Gasteiger partial charge in [0.15, 0.2) is 0 Å². The van der Waals surface area contributed by atoms with Gasteiger partial charge in [0, 0.05) is 17.8 Å². The van der Waals surface area contributed by atoms with Crippen LogP contribution in [0, 0.1) is 0 Å². The zero-order valence-corrected chi connectivity index (χ0v) is 14.2. The molecule has 2 aromatic heterocycles. The van der Waals surface area contributed by atoms with Crippen LogP contribution in [-0.2, 0) is 17.8 Å². The van der Waals surface area contributed by atoms with Crippen molar-refractivity contribution in [2.24, 2.45) is 0 Å². The van der Waals surface area contributed by atoms with Crippen LogP contribution in [0.3, 0.4) is 0 Å². The Balaban J connectivity index is 1.97. The molecule has 1 saturated carbocycles. The first-order valence-corrected chi connectivity index (χ1v) is 8.92. The Morgan fingerprint density at radius 1 is 1.42 bits per heavy atom. The standard InChI is InChI=1S/C16H19N3O4S/c1-2-11-18-14-13(10(8-24-14)16(22)23)15(21)19(11)7-12(20)17-9-5-3-4-6-9/h8-9H,2-7H2,1H3,(H,17,20)(H,22,23). The number of carboxylic acids is 1. The summed E-state index contributed by atoms with van der Waals surface area (Å²) in [6.07, 6.45) is 4.63. The van der Waals surface area contributed by atoms with Crippen molar-refractivity contribution in [3.05, 3.63) is 27.1 Å². The quantitative estimate of drug-likeness (QED) is 0.857. The maximum atomic E-state index is 12.8. The summed E-state index contributed by atoms with van der Waals surface area (Å²) in [5.74, 6) is -0.897. The van der Waals surface area contributed by atoms with Crippen LogP contribution in [-0.4, -0.2) is 32.6 Å². The predicted molar refractivity (Wildman–Crippen MR) is 90.6 cm³/mol. The number of nitrogens with one attached hydrogen (secondary N) is 1. The minimum atomic E-state index is -1.16. The average Bonchev–Trinajstić information content (AvgIpc) is 3.19. The second kappa shape index (κ2) is 6.72. The van der Waals surface area contributed by atoms with Crippen LogP contribution >= 0.6 is 11.3 Å². The molecule has 1 aliphatic rings. The minimum Gasteiger partial charge on any atom is -0.478 e. The van der Waals surface area contributed by atoms with E-state index >= 15 is 0 Å². The maximum Gasteiger partial charge on any atom is 0.337 e. The number of aromatic nitrogens is 2. The summed E-state index contributed by atoms with van der Waals surface area (Å²) in [6, 6.07) is 0.172. The lowest BCUT2D eigenvalue weighted by atomic mass is 10.2. The second-order valence-electron chi connectivity index (χ2n) is 5.96. The normalized spacial score (nSPS) is 15.0. The number of hydrogen-bond acceptors (Lipinski definition) is 5. The molecule has 1 amide bonds. The summed E-state index contributed by atoms with van der Waals surface area (Å²) >= 11 is 1.13. The highest BCUT2D eigenvalue weighted by Crippen LogP contribution is 2.22. The lowest BCUT2D eigenvalue weighted by molar-refractivity contribution is -0.122. The van der Waals surface area contributed by atoms with Crippen molar-refractivity contribution in [3.63, 3.8) is 0 Å². The highest BCUT2D eigenvalue weighted by atomic mass is 32.1. The van der Waals surface area contributed by atoms with Gasteiger partial charge in [-0.15, -0.1) is 11.3 Å². The number of carboxylic acid groups (broad SMARTS) is 1. The van der Waals surface area contributed by atoms with Gasteiger partial charge < -0.3 is 10.4 Å². The fourth-order valence-corrected chi connectivity index (χ4v) is 4.07. The molecule has 0 radical (unpaired) electrons. The average molecular weight is 349 g/mol. The third-order valence-electron chi connectivity index (χ3n) is 4.34. The molecule has 3 rings (SSSR count). The van der Waals surface area contributed by atoms with Gasteiger partial charge in [-0.1, -0.05) is 19.8 Å². The van der Waals surface area contributed by atoms with Crippen LogP contribution in [0.2, 0.25) is 0 Å². The van der Waals surface area contributed by atoms with Gasteiger partial charge in [0.2, 0.25) is 5.91 Å². The van der Waals surface area contributed by atoms with E-state index in [0.29, 0.717) is 17.1 Å². The number of hydrogen-bond donors (Lipinski definition) is 2. The topological polar surface area (TPSA) is 101 Å². The van der Waals surface area contributed by atoms with Gasteiger partial charge in [-0.25, -0.2) is 9.78 Å². The fraction of sp³-hybridized carbons (Fsp3) is 0.500. The number of aromatic carboxylic acids is 1. The number of fused-ring (bicyclic) bond motifs is 1. The summed E-state index contributed by atoms with van der Waals surface area (Å²) in [4.78, 5) is 41.1. The van der Waals surface area contributed by atoms with E-state index in [4.69, 9.17) is 0 Å². The highest BCUT2D eigenvalue weighted by Gasteiger charge is 2.22. The Labute approximate surface area is 142 Å². The Morgan fingerprint density at radius 3 is 2.75 bits per heavy atom. The number of aryl methyl sites for hydroxylation is 1. The van der Waals surface area contributed by atoms with Crippen molar-refractivity contribution in [3.8, 4) is 0 Å². The lowest BCUT2D eigenvalue weighted by Gasteiger charge is -2.15. The molecular weight excluding hydrogens is 330 g/mol. The maximum absolute atomic E-state index is 12.8. The molecule has 0 unspecified atom stereocenters. The lowest BCUT2D eigenvalue weighted by Crippen LogP contribution is -2.38. The molecule has 0 aromatic carbocycles. The molecule has 0 saturated heterocycles.